The van der Waals surface area contributed by atoms with E-state index >= 15 is 0 Å². The summed E-state index contributed by atoms with van der Waals surface area (Å²) in [5.74, 6) is 0.304. The third-order valence-electron chi connectivity index (χ3n) is 3.40. The lowest BCUT2D eigenvalue weighted by Gasteiger charge is -2.05. The van der Waals surface area contributed by atoms with Crippen LogP contribution in [0.15, 0.2) is 75.0 Å². The molecule has 0 spiro atoms. The fourth-order valence-corrected chi connectivity index (χ4v) is 2.42. The second-order valence-corrected chi connectivity index (χ2v) is 6.08. The molecule has 3 aromatic rings. The van der Waals surface area contributed by atoms with E-state index in [1.165, 1.54) is 6.07 Å². The van der Waals surface area contributed by atoms with Gasteiger partial charge in [-0.1, -0.05) is 58.4 Å². The average molecular weight is 383 g/mol. The van der Waals surface area contributed by atoms with Gasteiger partial charge in [0.25, 0.3) is 5.56 Å². The molecular formula is C18H15BrN4O. The molecule has 24 heavy (non-hydrogen) atoms. The third-order valence-corrected chi connectivity index (χ3v) is 3.93. The Morgan fingerprint density at radius 3 is 2.54 bits per heavy atom. The highest BCUT2D eigenvalue weighted by atomic mass is 79.9. The second-order valence-electron chi connectivity index (χ2n) is 5.16. The number of rotatable bonds is 4. The van der Waals surface area contributed by atoms with Crippen molar-refractivity contribution in [3.63, 3.8) is 0 Å². The molecule has 0 saturated carbocycles. The zero-order chi connectivity index (χ0) is 16.9. The van der Waals surface area contributed by atoms with Crippen LogP contribution in [0.4, 0.5) is 5.95 Å². The lowest BCUT2D eigenvalue weighted by Crippen LogP contribution is -2.11. The Kier molecular flexibility index (Phi) is 4.86. The van der Waals surface area contributed by atoms with E-state index in [-0.39, 0.29) is 5.56 Å². The average Bonchev–Trinajstić information content (AvgIpc) is 2.60. The first-order chi connectivity index (χ1) is 11.6. The number of benzene rings is 2. The van der Waals surface area contributed by atoms with Gasteiger partial charge in [0.2, 0.25) is 5.95 Å². The number of hydrazone groups is 1. The molecule has 0 fully saturated rings. The summed E-state index contributed by atoms with van der Waals surface area (Å²) in [7, 11) is 0. The van der Waals surface area contributed by atoms with Gasteiger partial charge in [-0.05, 0) is 24.6 Å². The summed E-state index contributed by atoms with van der Waals surface area (Å²) in [5.41, 5.74) is 5.82. The van der Waals surface area contributed by atoms with Gasteiger partial charge in [0, 0.05) is 16.1 Å². The Labute approximate surface area is 147 Å². The molecule has 0 amide bonds. The Hall–Kier alpha value is -2.73. The molecule has 1 heterocycles. The molecule has 0 bridgehead atoms. The van der Waals surface area contributed by atoms with E-state index in [1.54, 1.807) is 0 Å². The molecule has 5 nitrogen and oxygen atoms in total. The number of halogens is 1. The van der Waals surface area contributed by atoms with Crippen LogP contribution in [0.1, 0.15) is 12.5 Å². The molecule has 2 N–H and O–H groups in total. The highest BCUT2D eigenvalue weighted by Gasteiger charge is 2.04. The van der Waals surface area contributed by atoms with Gasteiger partial charge in [0.15, 0.2) is 0 Å². The molecule has 0 saturated heterocycles. The largest absolute Gasteiger partial charge is 0.291 e. The number of H-pyrrole nitrogens is 1. The molecular weight excluding hydrogens is 368 g/mol. The van der Waals surface area contributed by atoms with Crippen molar-refractivity contribution in [2.75, 3.05) is 5.43 Å². The first-order valence-corrected chi connectivity index (χ1v) is 8.14. The maximum Gasteiger partial charge on any atom is 0.252 e. The topological polar surface area (TPSA) is 70.1 Å². The quantitative estimate of drug-likeness (QED) is 0.528. The zero-order valence-electron chi connectivity index (χ0n) is 13.0. The molecule has 3 rings (SSSR count). The van der Waals surface area contributed by atoms with Gasteiger partial charge in [-0.25, -0.2) is 10.4 Å². The summed E-state index contributed by atoms with van der Waals surface area (Å²) in [5, 5.41) is 4.29. The van der Waals surface area contributed by atoms with Gasteiger partial charge >= 0.3 is 0 Å². The van der Waals surface area contributed by atoms with Crippen LogP contribution in [-0.4, -0.2) is 15.7 Å². The number of hydrogen-bond acceptors (Lipinski definition) is 4. The lowest BCUT2D eigenvalue weighted by atomic mass is 10.1. The predicted molar refractivity (Wildman–Crippen MR) is 100 cm³/mol. The van der Waals surface area contributed by atoms with Crippen LogP contribution in [0.3, 0.4) is 0 Å². The summed E-state index contributed by atoms with van der Waals surface area (Å²) in [6, 6.07) is 18.8. The summed E-state index contributed by atoms with van der Waals surface area (Å²) in [6.45, 7) is 1.88. The smallest absolute Gasteiger partial charge is 0.252 e. The zero-order valence-corrected chi connectivity index (χ0v) is 14.5. The minimum atomic E-state index is -0.233. The van der Waals surface area contributed by atoms with Gasteiger partial charge in [0.05, 0.1) is 11.4 Å². The monoisotopic (exact) mass is 382 g/mol. The summed E-state index contributed by atoms with van der Waals surface area (Å²) >= 11 is 3.40. The molecule has 0 aliphatic heterocycles. The summed E-state index contributed by atoms with van der Waals surface area (Å²) < 4.78 is 1.01. The number of anilines is 1. The van der Waals surface area contributed by atoms with Crippen molar-refractivity contribution < 1.29 is 0 Å². The summed E-state index contributed by atoms with van der Waals surface area (Å²) in [4.78, 5) is 18.9. The van der Waals surface area contributed by atoms with Crippen LogP contribution in [0, 0.1) is 0 Å². The van der Waals surface area contributed by atoms with E-state index in [0.29, 0.717) is 11.6 Å². The number of aromatic nitrogens is 2. The number of hydrogen-bond donors (Lipinski definition) is 2. The lowest BCUT2D eigenvalue weighted by molar-refractivity contribution is 1.08. The van der Waals surface area contributed by atoms with Crippen LogP contribution in [0.25, 0.3) is 11.3 Å². The minimum absolute atomic E-state index is 0.233. The number of nitrogens with one attached hydrogen (secondary N) is 2. The molecule has 0 unspecified atom stereocenters. The molecule has 2 aromatic carbocycles. The van der Waals surface area contributed by atoms with Crippen LogP contribution >= 0.6 is 15.9 Å². The molecule has 1 aromatic heterocycles. The normalized spacial score (nSPS) is 11.3. The first kappa shape index (κ1) is 16.1. The third kappa shape index (κ3) is 3.97. The highest BCUT2D eigenvalue weighted by molar-refractivity contribution is 9.10. The van der Waals surface area contributed by atoms with Gasteiger partial charge in [-0.2, -0.15) is 5.10 Å². The first-order valence-electron chi connectivity index (χ1n) is 7.35. The fraction of sp³-hybridized carbons (Fsp3) is 0.0556. The molecule has 0 atom stereocenters. The number of nitrogens with zero attached hydrogens (tertiary/aromatic N) is 2. The molecule has 0 radical (unpaired) electrons. The van der Waals surface area contributed by atoms with Crippen LogP contribution < -0.4 is 11.0 Å². The van der Waals surface area contributed by atoms with Crippen molar-refractivity contribution in [1.29, 1.82) is 0 Å². The molecule has 120 valence electrons. The summed E-state index contributed by atoms with van der Waals surface area (Å²) in [6.07, 6.45) is 0. The van der Waals surface area contributed by atoms with E-state index < -0.39 is 0 Å². The highest BCUT2D eigenvalue weighted by Crippen LogP contribution is 2.15. The van der Waals surface area contributed by atoms with E-state index in [4.69, 9.17) is 0 Å². The standard InChI is InChI=1S/C18H15BrN4O/c1-12(13-7-9-15(19)10-8-13)22-23-18-20-16(11-17(24)21-18)14-5-3-2-4-6-14/h2-11H,1H3,(H2,20,21,23,24)/b22-12+. The Bertz CT molecular complexity index is 918. The van der Waals surface area contributed by atoms with Crippen LogP contribution in [-0.2, 0) is 0 Å². The van der Waals surface area contributed by atoms with Crippen molar-refractivity contribution in [2.45, 2.75) is 6.92 Å². The number of aromatic amines is 1. The van der Waals surface area contributed by atoms with Gasteiger partial charge in [0.1, 0.15) is 0 Å². The van der Waals surface area contributed by atoms with E-state index in [2.05, 4.69) is 36.4 Å². The SMILES string of the molecule is C/C(=N\Nc1nc(-c2ccccc2)cc(=O)[nH]1)c1ccc(Br)cc1. The van der Waals surface area contributed by atoms with Crippen molar-refractivity contribution in [3.05, 3.63) is 81.1 Å². The fourth-order valence-electron chi connectivity index (χ4n) is 2.16. The Morgan fingerprint density at radius 1 is 1.12 bits per heavy atom. The van der Waals surface area contributed by atoms with Crippen molar-refractivity contribution in [2.24, 2.45) is 5.10 Å². The van der Waals surface area contributed by atoms with E-state index in [1.807, 2.05) is 61.5 Å². The molecule has 6 heteroatoms. The van der Waals surface area contributed by atoms with Crippen molar-refractivity contribution >= 4 is 27.6 Å². The van der Waals surface area contributed by atoms with Gasteiger partial charge in [-0.15, -0.1) is 0 Å². The maximum absolute atomic E-state index is 11.8. The predicted octanol–water partition coefficient (Wildman–Crippen LogP) is 4.04. The van der Waals surface area contributed by atoms with Gasteiger partial charge in [-0.3, -0.25) is 9.78 Å². The Balaban J connectivity index is 1.85. The molecule has 0 aliphatic rings. The Morgan fingerprint density at radius 2 is 1.83 bits per heavy atom. The maximum atomic E-state index is 11.8. The van der Waals surface area contributed by atoms with Gasteiger partial charge < -0.3 is 0 Å². The van der Waals surface area contributed by atoms with E-state index in [0.717, 1.165) is 21.3 Å². The van der Waals surface area contributed by atoms with Crippen LogP contribution in [0.2, 0.25) is 0 Å². The second kappa shape index (κ2) is 7.23. The van der Waals surface area contributed by atoms with Crippen LogP contribution in [0.5, 0.6) is 0 Å². The molecule has 0 aliphatic carbocycles. The minimum Gasteiger partial charge on any atom is -0.291 e. The van der Waals surface area contributed by atoms with E-state index in [9.17, 15) is 4.79 Å². The van der Waals surface area contributed by atoms with Crippen molar-refractivity contribution in [1.82, 2.24) is 9.97 Å². The van der Waals surface area contributed by atoms with Crippen molar-refractivity contribution in [3.8, 4) is 11.3 Å².